The Morgan fingerprint density at radius 1 is 1.05 bits per heavy atom. The zero-order valence-electron chi connectivity index (χ0n) is 20.7. The van der Waals surface area contributed by atoms with Crippen LogP contribution in [0.25, 0.3) is 0 Å². The largest absolute Gasteiger partial charge is 0.377 e. The van der Waals surface area contributed by atoms with Gasteiger partial charge in [0.2, 0.25) is 11.8 Å². The van der Waals surface area contributed by atoms with E-state index in [4.69, 9.17) is 4.74 Å². The van der Waals surface area contributed by atoms with Gasteiger partial charge in [-0.05, 0) is 68.6 Å². The van der Waals surface area contributed by atoms with Crippen LogP contribution in [0.2, 0.25) is 0 Å². The number of hydrogen-bond donors (Lipinski definition) is 1. The van der Waals surface area contributed by atoms with Crippen molar-refractivity contribution in [3.05, 3.63) is 42.2 Å². The summed E-state index contributed by atoms with van der Waals surface area (Å²) in [6.45, 7) is 1.83. The van der Waals surface area contributed by atoms with Crippen LogP contribution >= 0.6 is 0 Å². The maximum Gasteiger partial charge on any atom is 0.247 e. The molecule has 5 aliphatic rings. The minimum atomic E-state index is -0.870. The Kier molecular flexibility index (Phi) is 5.05. The summed E-state index contributed by atoms with van der Waals surface area (Å²) in [5.41, 5.74) is 0.378. The Labute approximate surface area is 215 Å². The van der Waals surface area contributed by atoms with Crippen LogP contribution in [0.15, 0.2) is 36.7 Å². The Bertz CT molecular complexity index is 1280. The molecule has 2 saturated carbocycles. The first kappa shape index (κ1) is 22.7. The zero-order chi connectivity index (χ0) is 25.2. The standard InChI is InChI=1S/C28H30N6O3/c29-17-28(18-1-2-18)10-12-33(25(28)35)20-7-11-30-24(13-20)32-23-6-3-19(14-31-23)27(8-9-27)26(36)34-21-4-5-22(34)16-37-15-21/h3,6-7,11,13-14,18,21-22H,1-2,4-5,8-10,12,15-16H2,(H,30,31,32)/t21?,22?,28-/m1/s1. The molecule has 37 heavy (non-hydrogen) atoms. The molecule has 2 bridgehead atoms. The maximum atomic E-state index is 13.6. The van der Waals surface area contributed by atoms with Gasteiger partial charge < -0.3 is 19.9 Å². The Hall–Kier alpha value is -3.51. The molecular weight excluding hydrogens is 468 g/mol. The first-order chi connectivity index (χ1) is 18.0. The molecule has 190 valence electrons. The van der Waals surface area contributed by atoms with Gasteiger partial charge in [-0.2, -0.15) is 5.26 Å². The van der Waals surface area contributed by atoms with Crippen molar-refractivity contribution < 1.29 is 14.3 Å². The van der Waals surface area contributed by atoms with E-state index < -0.39 is 10.8 Å². The molecule has 5 fully saturated rings. The SMILES string of the molecule is N#C[C@@]1(C2CC2)CCN(c2ccnc(Nc3ccc(C4(C(=O)N5C6CCC5COC6)CC4)cn3)c2)C1=O. The number of anilines is 3. The fourth-order valence-electron chi connectivity index (χ4n) is 6.63. The lowest BCUT2D eigenvalue weighted by Crippen LogP contribution is -2.52. The molecule has 3 saturated heterocycles. The number of morpholine rings is 1. The number of hydrogen-bond acceptors (Lipinski definition) is 7. The van der Waals surface area contributed by atoms with Crippen molar-refractivity contribution in [1.29, 1.82) is 5.26 Å². The number of nitrogens with one attached hydrogen (secondary N) is 1. The number of aromatic nitrogens is 2. The minimum Gasteiger partial charge on any atom is -0.377 e. The molecule has 0 radical (unpaired) electrons. The summed E-state index contributed by atoms with van der Waals surface area (Å²) in [7, 11) is 0. The topological polar surface area (TPSA) is 111 Å². The third-order valence-corrected chi connectivity index (χ3v) is 9.09. The molecule has 9 nitrogen and oxygen atoms in total. The van der Waals surface area contributed by atoms with Gasteiger partial charge in [0.25, 0.3) is 0 Å². The average Bonchev–Trinajstić information content (AvgIpc) is 3.85. The monoisotopic (exact) mass is 498 g/mol. The van der Waals surface area contributed by atoms with Crippen molar-refractivity contribution in [3.63, 3.8) is 0 Å². The molecule has 2 aromatic rings. The molecule has 2 aromatic heterocycles. The van der Waals surface area contributed by atoms with Crippen molar-refractivity contribution in [2.24, 2.45) is 11.3 Å². The normalized spacial score (nSPS) is 29.8. The van der Waals surface area contributed by atoms with E-state index in [1.54, 1.807) is 23.4 Å². The summed E-state index contributed by atoms with van der Waals surface area (Å²) in [6, 6.07) is 10.3. The quantitative estimate of drug-likeness (QED) is 0.650. The highest BCUT2D eigenvalue weighted by Gasteiger charge is 2.58. The van der Waals surface area contributed by atoms with Gasteiger partial charge in [-0.1, -0.05) is 6.07 Å². The van der Waals surface area contributed by atoms with E-state index in [0.29, 0.717) is 37.8 Å². The van der Waals surface area contributed by atoms with Crippen LogP contribution in [0, 0.1) is 22.7 Å². The number of amides is 2. The average molecular weight is 499 g/mol. The second kappa shape index (κ2) is 8.25. The number of nitrogens with zero attached hydrogens (tertiary/aromatic N) is 5. The Morgan fingerprint density at radius 3 is 2.49 bits per heavy atom. The highest BCUT2D eigenvalue weighted by molar-refractivity contribution is 6.02. The summed E-state index contributed by atoms with van der Waals surface area (Å²) < 4.78 is 5.67. The van der Waals surface area contributed by atoms with E-state index in [1.807, 2.05) is 18.2 Å². The lowest BCUT2D eigenvalue weighted by atomic mass is 9.83. The molecule has 0 aromatic carbocycles. The molecule has 2 amide bonds. The Balaban J connectivity index is 1.06. The van der Waals surface area contributed by atoms with E-state index in [0.717, 1.165) is 49.8 Å². The van der Waals surface area contributed by atoms with Gasteiger partial charge in [-0.3, -0.25) is 9.59 Å². The van der Waals surface area contributed by atoms with Crippen LogP contribution in [0.4, 0.5) is 17.3 Å². The first-order valence-corrected chi connectivity index (χ1v) is 13.4. The van der Waals surface area contributed by atoms with E-state index >= 15 is 0 Å². The number of pyridine rings is 2. The molecule has 3 atom stereocenters. The maximum absolute atomic E-state index is 13.6. The fourth-order valence-corrected chi connectivity index (χ4v) is 6.63. The predicted octanol–water partition coefficient (Wildman–Crippen LogP) is 3.30. The van der Waals surface area contributed by atoms with Crippen LogP contribution in [0.1, 0.15) is 50.5 Å². The van der Waals surface area contributed by atoms with Gasteiger partial charge in [0.15, 0.2) is 0 Å². The summed E-state index contributed by atoms with van der Waals surface area (Å²) >= 11 is 0. The lowest BCUT2D eigenvalue weighted by Gasteiger charge is -2.37. The van der Waals surface area contributed by atoms with Gasteiger partial charge in [-0.25, -0.2) is 9.97 Å². The highest BCUT2D eigenvalue weighted by Crippen LogP contribution is 2.52. The van der Waals surface area contributed by atoms with E-state index in [2.05, 4.69) is 26.3 Å². The molecule has 1 N–H and O–H groups in total. The molecule has 7 rings (SSSR count). The van der Waals surface area contributed by atoms with Crippen molar-refractivity contribution in [3.8, 4) is 6.07 Å². The highest BCUT2D eigenvalue weighted by atomic mass is 16.5. The number of ether oxygens (including phenoxy) is 1. The van der Waals surface area contributed by atoms with Crippen molar-refractivity contribution in [1.82, 2.24) is 14.9 Å². The molecule has 9 heteroatoms. The van der Waals surface area contributed by atoms with E-state index in [9.17, 15) is 14.9 Å². The summed E-state index contributed by atoms with van der Waals surface area (Å²) in [4.78, 5) is 39.6. The number of fused-ring (bicyclic) bond motifs is 2. The number of rotatable bonds is 6. The molecule has 0 spiro atoms. The Morgan fingerprint density at radius 2 is 1.84 bits per heavy atom. The molecule has 3 aliphatic heterocycles. The van der Waals surface area contributed by atoms with Gasteiger partial charge in [0.1, 0.15) is 17.1 Å². The lowest BCUT2D eigenvalue weighted by molar-refractivity contribution is -0.143. The van der Waals surface area contributed by atoms with Crippen LogP contribution in [-0.2, 0) is 19.7 Å². The third-order valence-electron chi connectivity index (χ3n) is 9.09. The number of carbonyl (C=O) groups is 2. The summed E-state index contributed by atoms with van der Waals surface area (Å²) in [6.07, 6.45) is 9.73. The van der Waals surface area contributed by atoms with Crippen molar-refractivity contribution in [2.75, 3.05) is 30.0 Å². The molecular formula is C28H30N6O3. The van der Waals surface area contributed by atoms with Gasteiger partial charge in [-0.15, -0.1) is 0 Å². The number of nitriles is 1. The molecule has 2 aliphatic carbocycles. The minimum absolute atomic E-state index is 0.0924. The van der Waals surface area contributed by atoms with Crippen molar-refractivity contribution >= 4 is 29.1 Å². The second-order valence-electron chi connectivity index (χ2n) is 11.2. The second-order valence-corrected chi connectivity index (χ2v) is 11.2. The van der Waals surface area contributed by atoms with Crippen LogP contribution in [0.5, 0.6) is 0 Å². The number of carbonyl (C=O) groups excluding carboxylic acids is 2. The molecule has 5 heterocycles. The van der Waals surface area contributed by atoms with E-state index in [-0.39, 0.29) is 29.8 Å². The smallest absolute Gasteiger partial charge is 0.247 e. The fraction of sp³-hybridized carbons (Fsp3) is 0.536. The van der Waals surface area contributed by atoms with Crippen LogP contribution in [0.3, 0.4) is 0 Å². The van der Waals surface area contributed by atoms with Crippen molar-refractivity contribution in [2.45, 2.75) is 62.4 Å². The molecule has 2 unspecified atom stereocenters. The summed E-state index contributed by atoms with van der Waals surface area (Å²) in [5, 5.41) is 13.0. The van der Waals surface area contributed by atoms with Crippen LogP contribution < -0.4 is 10.2 Å². The van der Waals surface area contributed by atoms with Gasteiger partial charge >= 0.3 is 0 Å². The zero-order valence-corrected chi connectivity index (χ0v) is 20.7. The van der Waals surface area contributed by atoms with E-state index in [1.165, 1.54) is 0 Å². The van der Waals surface area contributed by atoms with Crippen LogP contribution in [-0.4, -0.2) is 58.5 Å². The third kappa shape index (κ3) is 3.53. The van der Waals surface area contributed by atoms with Gasteiger partial charge in [0.05, 0.1) is 36.8 Å². The first-order valence-electron chi connectivity index (χ1n) is 13.4. The summed E-state index contributed by atoms with van der Waals surface area (Å²) in [5.74, 6) is 1.53. The predicted molar refractivity (Wildman–Crippen MR) is 135 cm³/mol. The van der Waals surface area contributed by atoms with Gasteiger partial charge in [0, 0.05) is 30.7 Å².